The van der Waals surface area contributed by atoms with Crippen molar-refractivity contribution in [1.29, 1.82) is 0 Å². The van der Waals surface area contributed by atoms with Crippen LogP contribution in [0.25, 0.3) is 0 Å². The Morgan fingerprint density at radius 1 is 1.00 bits per heavy atom. The van der Waals surface area contributed by atoms with E-state index in [9.17, 15) is 14.4 Å². The molecule has 0 saturated carbocycles. The maximum Gasteiger partial charge on any atom is 0.407 e. The number of anilines is 1. The van der Waals surface area contributed by atoms with Crippen molar-refractivity contribution >= 4 is 23.7 Å². The minimum Gasteiger partial charge on any atom is -0.478 e. The molecular formula is C19H20N2O5. The van der Waals surface area contributed by atoms with Crippen molar-refractivity contribution in [2.75, 3.05) is 11.9 Å². The van der Waals surface area contributed by atoms with E-state index in [1.54, 1.807) is 12.1 Å². The molecule has 7 nitrogen and oxygen atoms in total. The third-order valence-corrected chi connectivity index (χ3v) is 3.46. The molecule has 3 N–H and O–H groups in total. The number of benzene rings is 2. The van der Waals surface area contributed by atoms with Crippen LogP contribution in [-0.4, -0.2) is 29.6 Å². The maximum absolute atomic E-state index is 11.8. The lowest BCUT2D eigenvalue weighted by molar-refractivity contribution is -0.116. The van der Waals surface area contributed by atoms with Crippen LogP contribution in [0.4, 0.5) is 10.5 Å². The van der Waals surface area contributed by atoms with Crippen molar-refractivity contribution < 1.29 is 24.2 Å². The summed E-state index contributed by atoms with van der Waals surface area (Å²) in [6, 6.07) is 15.3. The van der Waals surface area contributed by atoms with Crippen molar-refractivity contribution in [3.8, 4) is 0 Å². The number of ether oxygens (including phenoxy) is 1. The topological polar surface area (TPSA) is 105 Å². The Morgan fingerprint density at radius 3 is 2.50 bits per heavy atom. The van der Waals surface area contributed by atoms with Crippen LogP contribution in [0.15, 0.2) is 54.6 Å². The normalized spacial score (nSPS) is 10.0. The summed E-state index contributed by atoms with van der Waals surface area (Å²) in [6.45, 7) is 0.489. The molecule has 136 valence electrons. The van der Waals surface area contributed by atoms with Crippen LogP contribution < -0.4 is 10.6 Å². The maximum atomic E-state index is 11.8. The molecule has 0 saturated heterocycles. The lowest BCUT2D eigenvalue weighted by Gasteiger charge is -2.08. The van der Waals surface area contributed by atoms with Crippen LogP contribution in [-0.2, 0) is 16.1 Å². The monoisotopic (exact) mass is 356 g/mol. The lowest BCUT2D eigenvalue weighted by atomic mass is 10.2. The van der Waals surface area contributed by atoms with E-state index in [4.69, 9.17) is 9.84 Å². The molecule has 0 unspecified atom stereocenters. The number of carbonyl (C=O) groups is 3. The Morgan fingerprint density at radius 2 is 1.77 bits per heavy atom. The van der Waals surface area contributed by atoms with Crippen molar-refractivity contribution in [2.24, 2.45) is 0 Å². The number of aromatic carboxylic acids is 1. The van der Waals surface area contributed by atoms with Gasteiger partial charge in [0.25, 0.3) is 0 Å². The highest BCUT2D eigenvalue weighted by Gasteiger charge is 2.07. The van der Waals surface area contributed by atoms with Gasteiger partial charge in [0.2, 0.25) is 5.91 Å². The average molecular weight is 356 g/mol. The molecule has 7 heteroatoms. The van der Waals surface area contributed by atoms with Gasteiger partial charge in [0.15, 0.2) is 0 Å². The highest BCUT2D eigenvalue weighted by atomic mass is 16.5. The largest absolute Gasteiger partial charge is 0.478 e. The number of carboxylic acids is 1. The van der Waals surface area contributed by atoms with Gasteiger partial charge in [0.1, 0.15) is 6.61 Å². The van der Waals surface area contributed by atoms with Gasteiger partial charge in [0, 0.05) is 18.7 Å². The molecule has 0 heterocycles. The van der Waals surface area contributed by atoms with Crippen LogP contribution in [0.3, 0.4) is 0 Å². The van der Waals surface area contributed by atoms with E-state index in [2.05, 4.69) is 10.6 Å². The SMILES string of the molecule is O=C(CCCNC(=O)OCc1ccccc1)Nc1cccc(C(=O)O)c1. The Kier molecular flexibility index (Phi) is 7.17. The average Bonchev–Trinajstić information content (AvgIpc) is 2.64. The highest BCUT2D eigenvalue weighted by molar-refractivity contribution is 5.93. The summed E-state index contributed by atoms with van der Waals surface area (Å²) in [5.74, 6) is -1.31. The van der Waals surface area contributed by atoms with E-state index in [-0.39, 0.29) is 24.5 Å². The lowest BCUT2D eigenvalue weighted by Crippen LogP contribution is -2.26. The zero-order chi connectivity index (χ0) is 18.8. The number of rotatable bonds is 8. The quantitative estimate of drug-likeness (QED) is 0.631. The molecule has 0 aliphatic rings. The van der Waals surface area contributed by atoms with Gasteiger partial charge in [-0.05, 0) is 30.2 Å². The van der Waals surface area contributed by atoms with Crippen LogP contribution >= 0.6 is 0 Å². The molecule has 0 aliphatic heterocycles. The summed E-state index contributed by atoms with van der Waals surface area (Å²) >= 11 is 0. The number of alkyl carbamates (subject to hydrolysis) is 1. The summed E-state index contributed by atoms with van der Waals surface area (Å²) in [7, 11) is 0. The Hall–Kier alpha value is -3.35. The zero-order valence-electron chi connectivity index (χ0n) is 14.1. The summed E-state index contributed by atoms with van der Waals surface area (Å²) in [5, 5.41) is 14.1. The van der Waals surface area contributed by atoms with Crippen LogP contribution in [0, 0.1) is 0 Å². The number of nitrogens with one attached hydrogen (secondary N) is 2. The van der Waals surface area contributed by atoms with Crippen LogP contribution in [0.1, 0.15) is 28.8 Å². The van der Waals surface area contributed by atoms with Gasteiger partial charge < -0.3 is 20.5 Å². The first-order valence-corrected chi connectivity index (χ1v) is 8.12. The van der Waals surface area contributed by atoms with Crippen molar-refractivity contribution in [2.45, 2.75) is 19.4 Å². The van der Waals surface area contributed by atoms with Gasteiger partial charge in [-0.25, -0.2) is 9.59 Å². The molecular weight excluding hydrogens is 336 g/mol. The summed E-state index contributed by atoms with van der Waals surface area (Å²) in [4.78, 5) is 34.3. The number of carbonyl (C=O) groups excluding carboxylic acids is 2. The molecule has 0 radical (unpaired) electrons. The Bertz CT molecular complexity index is 762. The third-order valence-electron chi connectivity index (χ3n) is 3.46. The van der Waals surface area contributed by atoms with Crippen molar-refractivity contribution in [3.63, 3.8) is 0 Å². The van der Waals surface area contributed by atoms with Gasteiger partial charge >= 0.3 is 12.1 Å². The second-order valence-electron chi connectivity index (χ2n) is 5.53. The molecule has 2 aromatic carbocycles. The van der Waals surface area contributed by atoms with Crippen LogP contribution in [0.5, 0.6) is 0 Å². The fourth-order valence-corrected chi connectivity index (χ4v) is 2.17. The number of amides is 2. The molecule has 0 aromatic heterocycles. The summed E-state index contributed by atoms with van der Waals surface area (Å²) in [6.07, 6.45) is 0.0876. The minimum absolute atomic E-state index is 0.102. The van der Waals surface area contributed by atoms with Crippen LogP contribution in [0.2, 0.25) is 0 Å². The second-order valence-corrected chi connectivity index (χ2v) is 5.53. The second kappa shape index (κ2) is 9.83. The van der Waals surface area contributed by atoms with E-state index in [0.29, 0.717) is 18.7 Å². The van der Waals surface area contributed by atoms with Gasteiger partial charge in [-0.3, -0.25) is 4.79 Å². The van der Waals surface area contributed by atoms with E-state index in [1.807, 2.05) is 30.3 Å². The Labute approximate surface area is 151 Å². The van der Waals surface area contributed by atoms with E-state index < -0.39 is 12.1 Å². The summed E-state index contributed by atoms with van der Waals surface area (Å²) in [5.41, 5.74) is 1.42. The summed E-state index contributed by atoms with van der Waals surface area (Å²) < 4.78 is 5.06. The predicted octanol–water partition coefficient (Wildman–Crippen LogP) is 3.03. The Balaban J connectivity index is 1.63. The first-order valence-electron chi connectivity index (χ1n) is 8.12. The third kappa shape index (κ3) is 6.64. The van der Waals surface area contributed by atoms with E-state index >= 15 is 0 Å². The molecule has 2 aromatic rings. The number of carboxylic acid groups (broad SMARTS) is 1. The zero-order valence-corrected chi connectivity index (χ0v) is 14.1. The molecule has 2 rings (SSSR count). The smallest absolute Gasteiger partial charge is 0.407 e. The predicted molar refractivity (Wildman–Crippen MR) is 95.9 cm³/mol. The first-order chi connectivity index (χ1) is 12.5. The molecule has 2 amide bonds. The minimum atomic E-state index is -1.06. The van der Waals surface area contributed by atoms with Crippen molar-refractivity contribution in [3.05, 3.63) is 65.7 Å². The molecule has 0 aliphatic carbocycles. The molecule has 0 atom stereocenters. The number of hydrogen-bond donors (Lipinski definition) is 3. The first kappa shape index (κ1) is 19.0. The fraction of sp³-hybridized carbons (Fsp3) is 0.211. The fourth-order valence-electron chi connectivity index (χ4n) is 2.17. The highest BCUT2D eigenvalue weighted by Crippen LogP contribution is 2.11. The molecule has 0 fully saturated rings. The van der Waals surface area contributed by atoms with Gasteiger partial charge in [-0.1, -0.05) is 36.4 Å². The molecule has 0 bridgehead atoms. The van der Waals surface area contributed by atoms with Gasteiger partial charge in [0.05, 0.1) is 5.56 Å². The van der Waals surface area contributed by atoms with E-state index in [0.717, 1.165) is 5.56 Å². The molecule has 0 spiro atoms. The van der Waals surface area contributed by atoms with Gasteiger partial charge in [-0.2, -0.15) is 0 Å². The molecule has 26 heavy (non-hydrogen) atoms. The van der Waals surface area contributed by atoms with E-state index in [1.165, 1.54) is 12.1 Å². The van der Waals surface area contributed by atoms with Crippen molar-refractivity contribution in [1.82, 2.24) is 5.32 Å². The van der Waals surface area contributed by atoms with Gasteiger partial charge in [-0.15, -0.1) is 0 Å². The standard InChI is InChI=1S/C19H20N2O5/c22-17(21-16-9-4-8-15(12-16)18(23)24)10-5-11-20-19(25)26-13-14-6-2-1-3-7-14/h1-4,6-9,12H,5,10-11,13H2,(H,20,25)(H,21,22)(H,23,24). The number of hydrogen-bond acceptors (Lipinski definition) is 4.